The lowest BCUT2D eigenvalue weighted by atomic mass is 10.1. The number of non-ortho nitro benzene ring substituents is 1. The Hall–Kier alpha value is -3.41. The van der Waals surface area contributed by atoms with Crippen molar-refractivity contribution in [3.8, 4) is 5.75 Å². The Morgan fingerprint density at radius 1 is 1.17 bits per heavy atom. The van der Waals surface area contributed by atoms with Crippen LogP contribution in [0, 0.1) is 10.1 Å². The maximum atomic E-state index is 12.5. The average molecular weight is 323 g/mol. The maximum Gasteiger partial charge on any atom is 0.270 e. The van der Waals surface area contributed by atoms with Crippen LogP contribution in [-0.4, -0.2) is 12.0 Å². The Morgan fingerprint density at radius 2 is 2.00 bits per heavy atom. The summed E-state index contributed by atoms with van der Waals surface area (Å²) in [5, 5.41) is 11.2. The molecule has 0 saturated heterocycles. The topological polar surface area (TPSA) is 82.6 Å². The standard InChI is InChI=1S/C18H13NO5/c1-23-15-7-8-16-17(10-15)24-11-13(18(16)20)6-5-12-3-2-4-14(9-12)19(21)22/h2-11H,1H3/b6-5-. The molecule has 2 aromatic carbocycles. The second-order valence-electron chi connectivity index (χ2n) is 5.07. The van der Waals surface area contributed by atoms with Crippen molar-refractivity contribution in [2.24, 2.45) is 0 Å². The van der Waals surface area contributed by atoms with Crippen molar-refractivity contribution < 1.29 is 14.1 Å². The first-order chi connectivity index (χ1) is 11.6. The minimum Gasteiger partial charge on any atom is -0.497 e. The molecule has 0 aliphatic carbocycles. The van der Waals surface area contributed by atoms with Crippen LogP contribution >= 0.6 is 0 Å². The molecule has 1 aromatic heterocycles. The molecule has 24 heavy (non-hydrogen) atoms. The first-order valence-corrected chi connectivity index (χ1v) is 7.10. The summed E-state index contributed by atoms with van der Waals surface area (Å²) in [5.41, 5.74) is 1.24. The largest absolute Gasteiger partial charge is 0.497 e. The van der Waals surface area contributed by atoms with E-state index in [1.165, 1.54) is 25.5 Å². The van der Waals surface area contributed by atoms with Crippen LogP contribution in [0.15, 0.2) is 57.9 Å². The van der Waals surface area contributed by atoms with Crippen LogP contribution in [0.1, 0.15) is 11.1 Å². The zero-order valence-corrected chi connectivity index (χ0v) is 12.8. The summed E-state index contributed by atoms with van der Waals surface area (Å²) in [5.74, 6) is 0.602. The normalized spacial score (nSPS) is 11.0. The first-order valence-electron chi connectivity index (χ1n) is 7.10. The van der Waals surface area contributed by atoms with Crippen LogP contribution in [0.5, 0.6) is 5.75 Å². The molecule has 120 valence electrons. The highest BCUT2D eigenvalue weighted by Crippen LogP contribution is 2.20. The highest BCUT2D eigenvalue weighted by Gasteiger charge is 2.07. The van der Waals surface area contributed by atoms with Crippen molar-refractivity contribution in [2.75, 3.05) is 7.11 Å². The molecule has 0 atom stereocenters. The fourth-order valence-corrected chi connectivity index (χ4v) is 2.29. The molecule has 6 nitrogen and oxygen atoms in total. The lowest BCUT2D eigenvalue weighted by Crippen LogP contribution is -2.04. The van der Waals surface area contributed by atoms with E-state index < -0.39 is 4.92 Å². The van der Waals surface area contributed by atoms with Crippen LogP contribution < -0.4 is 10.2 Å². The summed E-state index contributed by atoms with van der Waals surface area (Å²) in [7, 11) is 1.54. The number of nitro benzene ring substituents is 1. The van der Waals surface area contributed by atoms with Gasteiger partial charge < -0.3 is 9.15 Å². The van der Waals surface area contributed by atoms with E-state index in [2.05, 4.69) is 0 Å². The Bertz CT molecular complexity index is 1000. The maximum absolute atomic E-state index is 12.5. The minimum absolute atomic E-state index is 0.00482. The van der Waals surface area contributed by atoms with Crippen LogP contribution in [0.4, 0.5) is 5.69 Å². The van der Waals surface area contributed by atoms with Gasteiger partial charge in [-0.05, 0) is 23.8 Å². The fraction of sp³-hybridized carbons (Fsp3) is 0.0556. The van der Waals surface area contributed by atoms with E-state index in [1.807, 2.05) is 0 Å². The third-order valence-corrected chi connectivity index (χ3v) is 3.54. The fourth-order valence-electron chi connectivity index (χ4n) is 2.29. The quantitative estimate of drug-likeness (QED) is 0.537. The third-order valence-electron chi connectivity index (χ3n) is 3.54. The van der Waals surface area contributed by atoms with Gasteiger partial charge in [-0.25, -0.2) is 0 Å². The summed E-state index contributed by atoms with van der Waals surface area (Å²) < 4.78 is 10.6. The number of nitrogens with zero attached hydrogens (tertiary/aromatic N) is 1. The van der Waals surface area contributed by atoms with Gasteiger partial charge in [-0.1, -0.05) is 18.2 Å². The lowest BCUT2D eigenvalue weighted by Gasteiger charge is -2.02. The molecule has 0 saturated carbocycles. The smallest absolute Gasteiger partial charge is 0.270 e. The van der Waals surface area contributed by atoms with Gasteiger partial charge in [-0.15, -0.1) is 0 Å². The first kappa shape index (κ1) is 15.5. The number of rotatable bonds is 4. The van der Waals surface area contributed by atoms with Gasteiger partial charge in [-0.2, -0.15) is 0 Å². The van der Waals surface area contributed by atoms with Gasteiger partial charge in [0.25, 0.3) is 5.69 Å². The molecule has 1 heterocycles. The highest BCUT2D eigenvalue weighted by molar-refractivity contribution is 5.81. The number of nitro groups is 1. The Balaban J connectivity index is 1.98. The van der Waals surface area contributed by atoms with Crippen molar-refractivity contribution in [3.05, 3.63) is 80.2 Å². The Kier molecular flexibility index (Phi) is 4.11. The van der Waals surface area contributed by atoms with E-state index in [0.29, 0.717) is 27.8 Å². The van der Waals surface area contributed by atoms with Gasteiger partial charge in [0, 0.05) is 18.2 Å². The highest BCUT2D eigenvalue weighted by atomic mass is 16.6. The number of hydrogen-bond donors (Lipinski definition) is 0. The zero-order chi connectivity index (χ0) is 17.1. The molecular formula is C18H13NO5. The molecular weight excluding hydrogens is 310 g/mol. The van der Waals surface area contributed by atoms with Gasteiger partial charge in [0.2, 0.25) is 0 Å². The van der Waals surface area contributed by atoms with E-state index in [0.717, 1.165) is 0 Å². The summed E-state index contributed by atoms with van der Waals surface area (Å²) in [6.45, 7) is 0. The van der Waals surface area contributed by atoms with Crippen LogP contribution in [0.25, 0.3) is 23.1 Å². The van der Waals surface area contributed by atoms with Crippen LogP contribution in [0.2, 0.25) is 0 Å². The van der Waals surface area contributed by atoms with Gasteiger partial charge >= 0.3 is 0 Å². The molecule has 3 aromatic rings. The summed E-state index contributed by atoms with van der Waals surface area (Å²) in [6.07, 6.45) is 4.57. The molecule has 0 aliphatic rings. The molecule has 0 aliphatic heterocycles. The molecule has 0 unspecified atom stereocenters. The van der Waals surface area contributed by atoms with Gasteiger partial charge in [-0.3, -0.25) is 14.9 Å². The average Bonchev–Trinajstić information content (AvgIpc) is 2.61. The van der Waals surface area contributed by atoms with Gasteiger partial charge in [0.15, 0.2) is 5.43 Å². The van der Waals surface area contributed by atoms with Crippen LogP contribution in [0.3, 0.4) is 0 Å². The predicted molar refractivity (Wildman–Crippen MR) is 91.1 cm³/mol. The van der Waals surface area contributed by atoms with Crippen molar-refractivity contribution in [1.82, 2.24) is 0 Å². The molecule has 3 rings (SSSR count). The molecule has 0 spiro atoms. The monoisotopic (exact) mass is 323 g/mol. The number of fused-ring (bicyclic) bond motifs is 1. The van der Waals surface area contributed by atoms with Crippen molar-refractivity contribution in [1.29, 1.82) is 0 Å². The van der Waals surface area contributed by atoms with E-state index in [4.69, 9.17) is 9.15 Å². The predicted octanol–water partition coefficient (Wildman–Crippen LogP) is 3.88. The minimum atomic E-state index is -0.463. The molecule has 0 fully saturated rings. The number of ether oxygens (including phenoxy) is 1. The Labute approximate surface area is 136 Å². The Morgan fingerprint density at radius 3 is 2.75 bits per heavy atom. The van der Waals surface area contributed by atoms with Gasteiger partial charge in [0.05, 0.1) is 23.0 Å². The molecule has 0 radical (unpaired) electrons. The second-order valence-corrected chi connectivity index (χ2v) is 5.07. The van der Waals surface area contributed by atoms with E-state index in [9.17, 15) is 14.9 Å². The summed E-state index contributed by atoms with van der Waals surface area (Å²) in [4.78, 5) is 22.8. The molecule has 0 N–H and O–H groups in total. The lowest BCUT2D eigenvalue weighted by molar-refractivity contribution is -0.384. The number of methoxy groups -OCH3 is 1. The van der Waals surface area contributed by atoms with E-state index in [1.54, 1.807) is 42.5 Å². The van der Waals surface area contributed by atoms with Crippen molar-refractivity contribution in [2.45, 2.75) is 0 Å². The zero-order valence-electron chi connectivity index (χ0n) is 12.8. The van der Waals surface area contributed by atoms with E-state index >= 15 is 0 Å². The molecule has 6 heteroatoms. The third kappa shape index (κ3) is 3.03. The summed E-state index contributed by atoms with van der Waals surface area (Å²) >= 11 is 0. The molecule has 0 amide bonds. The van der Waals surface area contributed by atoms with E-state index in [-0.39, 0.29) is 11.1 Å². The van der Waals surface area contributed by atoms with Gasteiger partial charge in [0.1, 0.15) is 17.6 Å². The van der Waals surface area contributed by atoms with Crippen LogP contribution in [-0.2, 0) is 0 Å². The summed E-state index contributed by atoms with van der Waals surface area (Å²) in [6, 6.07) is 11.1. The second kappa shape index (κ2) is 6.37. The van der Waals surface area contributed by atoms with Crippen molar-refractivity contribution >= 4 is 28.8 Å². The van der Waals surface area contributed by atoms with Crippen molar-refractivity contribution in [3.63, 3.8) is 0 Å². The molecule has 0 bridgehead atoms. The SMILES string of the molecule is COc1ccc2c(=O)c(/C=C\c3cccc([N+](=O)[O-])c3)coc2c1. The number of benzene rings is 2. The number of hydrogen-bond acceptors (Lipinski definition) is 5.